The third-order valence-corrected chi connectivity index (χ3v) is 4.02. The van der Waals surface area contributed by atoms with E-state index in [1.54, 1.807) is 13.1 Å². The summed E-state index contributed by atoms with van der Waals surface area (Å²) in [5.41, 5.74) is 0.697. The lowest BCUT2D eigenvalue weighted by Gasteiger charge is -2.21. The lowest BCUT2D eigenvalue weighted by Crippen LogP contribution is -2.25. The Balaban J connectivity index is 1.99. The first-order valence-electron chi connectivity index (χ1n) is 7.42. The van der Waals surface area contributed by atoms with Gasteiger partial charge in [-0.1, -0.05) is 19.8 Å². The van der Waals surface area contributed by atoms with Crippen molar-refractivity contribution in [2.75, 3.05) is 18.0 Å². The van der Waals surface area contributed by atoms with Crippen molar-refractivity contribution in [1.82, 2.24) is 4.98 Å². The van der Waals surface area contributed by atoms with Crippen molar-refractivity contribution in [2.45, 2.75) is 46.0 Å². The molecule has 1 aromatic heterocycles. The molecule has 104 valence electrons. The molecule has 2 heterocycles. The number of Topliss-reactive ketones (excluding diaryl/α,β-unsaturated/α-hetero) is 1. The van der Waals surface area contributed by atoms with Gasteiger partial charge in [-0.25, -0.2) is 4.98 Å². The molecule has 1 unspecified atom stereocenters. The third kappa shape index (κ3) is 3.79. The van der Waals surface area contributed by atoms with Crippen molar-refractivity contribution in [3.63, 3.8) is 0 Å². The Morgan fingerprint density at radius 2 is 2.21 bits per heavy atom. The quantitative estimate of drug-likeness (QED) is 0.774. The number of ketones is 1. The van der Waals surface area contributed by atoms with E-state index in [0.29, 0.717) is 5.56 Å². The number of anilines is 1. The standard InChI is InChI=1S/C16H24N2O/c1-3-5-14-6-4-10-18(11-9-14)16-8-7-15(12-17-16)13(2)19/h7-8,12,14H,3-6,9-11H2,1-2H3. The first-order chi connectivity index (χ1) is 9.20. The average Bonchev–Trinajstić information content (AvgIpc) is 2.65. The highest BCUT2D eigenvalue weighted by molar-refractivity contribution is 5.93. The molecule has 0 amide bonds. The molecular weight excluding hydrogens is 236 g/mol. The molecule has 0 radical (unpaired) electrons. The molecule has 0 aliphatic carbocycles. The summed E-state index contributed by atoms with van der Waals surface area (Å²) in [6.07, 6.45) is 8.20. The van der Waals surface area contributed by atoms with Gasteiger partial charge in [-0.3, -0.25) is 4.79 Å². The highest BCUT2D eigenvalue weighted by Gasteiger charge is 2.17. The maximum absolute atomic E-state index is 11.2. The van der Waals surface area contributed by atoms with E-state index in [-0.39, 0.29) is 5.78 Å². The van der Waals surface area contributed by atoms with Gasteiger partial charge in [0, 0.05) is 24.8 Å². The van der Waals surface area contributed by atoms with Gasteiger partial charge < -0.3 is 4.90 Å². The molecule has 1 fully saturated rings. The van der Waals surface area contributed by atoms with Crippen LogP contribution in [0.5, 0.6) is 0 Å². The highest BCUT2D eigenvalue weighted by atomic mass is 16.1. The van der Waals surface area contributed by atoms with Gasteiger partial charge in [0.25, 0.3) is 0 Å². The Labute approximate surface area is 116 Å². The van der Waals surface area contributed by atoms with Gasteiger partial charge in [0.1, 0.15) is 5.82 Å². The second-order valence-corrected chi connectivity index (χ2v) is 5.53. The predicted octanol–water partition coefficient (Wildman–Crippen LogP) is 3.69. The van der Waals surface area contributed by atoms with Crippen LogP contribution in [0, 0.1) is 5.92 Å². The summed E-state index contributed by atoms with van der Waals surface area (Å²) < 4.78 is 0. The molecule has 0 spiro atoms. The van der Waals surface area contributed by atoms with Crippen LogP contribution >= 0.6 is 0 Å². The van der Waals surface area contributed by atoms with Crippen LogP contribution in [-0.4, -0.2) is 23.9 Å². The van der Waals surface area contributed by atoms with Crippen LogP contribution in [0.3, 0.4) is 0 Å². The molecule has 1 atom stereocenters. The third-order valence-electron chi connectivity index (χ3n) is 4.02. The fourth-order valence-electron chi connectivity index (χ4n) is 2.87. The molecule has 1 aromatic rings. The number of nitrogens with zero attached hydrogens (tertiary/aromatic N) is 2. The van der Waals surface area contributed by atoms with E-state index in [4.69, 9.17) is 0 Å². The van der Waals surface area contributed by atoms with E-state index >= 15 is 0 Å². The largest absolute Gasteiger partial charge is 0.357 e. The van der Waals surface area contributed by atoms with Crippen molar-refractivity contribution >= 4 is 11.6 Å². The van der Waals surface area contributed by atoms with Crippen LogP contribution in [0.25, 0.3) is 0 Å². The molecule has 0 N–H and O–H groups in total. The summed E-state index contributed by atoms with van der Waals surface area (Å²) in [4.78, 5) is 18.1. The summed E-state index contributed by atoms with van der Waals surface area (Å²) in [6, 6.07) is 3.87. The molecule has 1 aliphatic rings. The smallest absolute Gasteiger partial charge is 0.161 e. The zero-order valence-electron chi connectivity index (χ0n) is 12.1. The number of aromatic nitrogens is 1. The SMILES string of the molecule is CCCC1CCCN(c2ccc(C(C)=O)cn2)CC1. The van der Waals surface area contributed by atoms with Crippen molar-refractivity contribution in [2.24, 2.45) is 5.92 Å². The van der Waals surface area contributed by atoms with Gasteiger partial charge in [0.15, 0.2) is 5.78 Å². The van der Waals surface area contributed by atoms with Crippen molar-refractivity contribution in [3.8, 4) is 0 Å². The summed E-state index contributed by atoms with van der Waals surface area (Å²) >= 11 is 0. The van der Waals surface area contributed by atoms with E-state index in [1.165, 1.54) is 32.1 Å². The molecular formula is C16H24N2O. The number of carbonyl (C=O) groups is 1. The number of pyridine rings is 1. The Hall–Kier alpha value is -1.38. The lowest BCUT2D eigenvalue weighted by molar-refractivity contribution is 0.101. The molecule has 3 nitrogen and oxygen atoms in total. The lowest BCUT2D eigenvalue weighted by atomic mass is 9.96. The summed E-state index contributed by atoms with van der Waals surface area (Å²) in [5.74, 6) is 1.98. The Morgan fingerprint density at radius 3 is 2.84 bits per heavy atom. The van der Waals surface area contributed by atoms with Gasteiger partial charge in [0.2, 0.25) is 0 Å². The van der Waals surface area contributed by atoms with Crippen LogP contribution in [-0.2, 0) is 0 Å². The van der Waals surface area contributed by atoms with Crippen molar-refractivity contribution in [1.29, 1.82) is 0 Å². The topological polar surface area (TPSA) is 33.2 Å². The molecule has 3 heteroatoms. The summed E-state index contributed by atoms with van der Waals surface area (Å²) in [6.45, 7) is 6.03. The average molecular weight is 260 g/mol. The fourth-order valence-corrected chi connectivity index (χ4v) is 2.87. The van der Waals surface area contributed by atoms with E-state index in [1.807, 2.05) is 12.1 Å². The molecule has 1 aliphatic heterocycles. The minimum Gasteiger partial charge on any atom is -0.357 e. The zero-order valence-corrected chi connectivity index (χ0v) is 12.1. The van der Waals surface area contributed by atoms with Crippen LogP contribution in [0.15, 0.2) is 18.3 Å². The highest BCUT2D eigenvalue weighted by Crippen LogP contribution is 2.24. The van der Waals surface area contributed by atoms with Crippen LogP contribution in [0.2, 0.25) is 0 Å². The van der Waals surface area contributed by atoms with Gasteiger partial charge in [-0.15, -0.1) is 0 Å². The van der Waals surface area contributed by atoms with Gasteiger partial charge in [-0.05, 0) is 44.2 Å². The monoisotopic (exact) mass is 260 g/mol. The number of carbonyl (C=O) groups excluding carboxylic acids is 1. The molecule has 19 heavy (non-hydrogen) atoms. The van der Waals surface area contributed by atoms with E-state index in [0.717, 1.165) is 24.8 Å². The molecule has 1 saturated heterocycles. The second-order valence-electron chi connectivity index (χ2n) is 5.53. The maximum Gasteiger partial charge on any atom is 0.161 e. The predicted molar refractivity (Wildman–Crippen MR) is 78.7 cm³/mol. The summed E-state index contributed by atoms with van der Waals surface area (Å²) in [7, 11) is 0. The van der Waals surface area contributed by atoms with Crippen molar-refractivity contribution < 1.29 is 4.79 Å². The Kier molecular flexibility index (Phi) is 4.94. The maximum atomic E-state index is 11.2. The Bertz CT molecular complexity index is 413. The van der Waals surface area contributed by atoms with Crippen molar-refractivity contribution in [3.05, 3.63) is 23.9 Å². The van der Waals surface area contributed by atoms with Gasteiger partial charge in [-0.2, -0.15) is 0 Å². The molecule has 0 bridgehead atoms. The molecule has 0 aromatic carbocycles. The van der Waals surface area contributed by atoms with Gasteiger partial charge in [0.05, 0.1) is 0 Å². The summed E-state index contributed by atoms with van der Waals surface area (Å²) in [5, 5.41) is 0. The number of rotatable bonds is 4. The van der Waals surface area contributed by atoms with Crippen LogP contribution in [0.4, 0.5) is 5.82 Å². The molecule has 0 saturated carbocycles. The van der Waals surface area contributed by atoms with E-state index in [9.17, 15) is 4.79 Å². The first-order valence-corrected chi connectivity index (χ1v) is 7.42. The van der Waals surface area contributed by atoms with Crippen LogP contribution < -0.4 is 4.90 Å². The number of hydrogen-bond acceptors (Lipinski definition) is 3. The zero-order chi connectivity index (χ0) is 13.7. The fraction of sp³-hybridized carbons (Fsp3) is 0.625. The Morgan fingerprint density at radius 1 is 1.37 bits per heavy atom. The van der Waals surface area contributed by atoms with E-state index in [2.05, 4.69) is 16.8 Å². The van der Waals surface area contributed by atoms with Gasteiger partial charge >= 0.3 is 0 Å². The number of hydrogen-bond donors (Lipinski definition) is 0. The van der Waals surface area contributed by atoms with E-state index < -0.39 is 0 Å². The minimum atomic E-state index is 0.0814. The van der Waals surface area contributed by atoms with Crippen LogP contribution in [0.1, 0.15) is 56.3 Å². The molecule has 2 rings (SSSR count). The second kappa shape index (κ2) is 6.69. The first kappa shape index (κ1) is 14.0. The normalized spacial score (nSPS) is 20.1. The minimum absolute atomic E-state index is 0.0814.